The van der Waals surface area contributed by atoms with Crippen molar-refractivity contribution in [1.82, 2.24) is 0 Å². The number of rotatable bonds is 3. The molecule has 20 heavy (non-hydrogen) atoms. The van der Waals surface area contributed by atoms with Crippen LogP contribution in [0.15, 0.2) is 41.6 Å². The van der Waals surface area contributed by atoms with Crippen LogP contribution < -0.4 is 5.32 Å². The van der Waals surface area contributed by atoms with E-state index in [-0.39, 0.29) is 5.41 Å². The Bertz CT molecular complexity index is 558. The maximum atomic E-state index is 10.9. The molecule has 0 fully saturated rings. The summed E-state index contributed by atoms with van der Waals surface area (Å²) in [6.45, 7) is 8.74. The van der Waals surface area contributed by atoms with Gasteiger partial charge in [0.1, 0.15) is 5.94 Å². The van der Waals surface area contributed by atoms with Gasteiger partial charge in [0, 0.05) is 17.0 Å². The van der Waals surface area contributed by atoms with Gasteiger partial charge in [-0.1, -0.05) is 39.8 Å². The highest BCUT2D eigenvalue weighted by Gasteiger charge is 2.26. The molecule has 0 unspecified atom stereocenters. The molecule has 2 nitrogen and oxygen atoms in total. The van der Waals surface area contributed by atoms with Crippen LogP contribution in [0.1, 0.15) is 52.0 Å². The van der Waals surface area contributed by atoms with Crippen LogP contribution in [0.4, 0.5) is 5.69 Å². The Morgan fingerprint density at radius 1 is 1.15 bits per heavy atom. The van der Waals surface area contributed by atoms with Gasteiger partial charge >= 0.3 is 0 Å². The standard InChI is InChI=1S/C18H23NO/c1-13(2)15-5-7-16(8-6-15)19-17-9-14(12-20)10-18(3,4)11-17/h5-9,13,19H,10-11H2,1-4H3. The van der Waals surface area contributed by atoms with Gasteiger partial charge in [-0.15, -0.1) is 0 Å². The van der Waals surface area contributed by atoms with E-state index in [9.17, 15) is 4.79 Å². The monoisotopic (exact) mass is 269 g/mol. The van der Waals surface area contributed by atoms with E-state index >= 15 is 0 Å². The van der Waals surface area contributed by atoms with Gasteiger partial charge in [0.2, 0.25) is 0 Å². The summed E-state index contributed by atoms with van der Waals surface area (Å²) in [4.78, 5) is 10.9. The maximum absolute atomic E-state index is 10.9. The van der Waals surface area contributed by atoms with E-state index in [2.05, 4.69) is 57.3 Å². The van der Waals surface area contributed by atoms with Crippen molar-refractivity contribution >= 4 is 11.6 Å². The number of benzene rings is 1. The summed E-state index contributed by atoms with van der Waals surface area (Å²) >= 11 is 0. The van der Waals surface area contributed by atoms with Gasteiger partial charge in [-0.05, 0) is 47.9 Å². The average Bonchev–Trinajstić information content (AvgIpc) is 2.37. The smallest absolute Gasteiger partial charge is 0.128 e. The zero-order valence-electron chi connectivity index (χ0n) is 12.8. The van der Waals surface area contributed by atoms with Crippen LogP contribution in [0.3, 0.4) is 0 Å². The molecule has 0 aromatic heterocycles. The molecule has 0 aliphatic heterocycles. The number of carbonyl (C=O) groups excluding carboxylic acids is 1. The molecule has 0 saturated heterocycles. The van der Waals surface area contributed by atoms with Crippen LogP contribution in [-0.4, -0.2) is 5.94 Å². The summed E-state index contributed by atoms with van der Waals surface area (Å²) in [6, 6.07) is 8.50. The predicted octanol–water partition coefficient (Wildman–Crippen LogP) is 4.68. The highest BCUT2D eigenvalue weighted by molar-refractivity contribution is 5.61. The molecular formula is C18H23NO. The van der Waals surface area contributed by atoms with Crippen molar-refractivity contribution in [3.05, 3.63) is 47.2 Å². The lowest BCUT2D eigenvalue weighted by molar-refractivity contribution is 0.353. The second-order valence-corrected chi connectivity index (χ2v) is 6.72. The Labute approximate surface area is 121 Å². The first kappa shape index (κ1) is 14.6. The Morgan fingerprint density at radius 2 is 1.80 bits per heavy atom. The van der Waals surface area contributed by atoms with Crippen LogP contribution >= 0.6 is 0 Å². The Kier molecular flexibility index (Phi) is 4.15. The van der Waals surface area contributed by atoms with E-state index in [4.69, 9.17) is 0 Å². The van der Waals surface area contributed by atoms with Crippen LogP contribution in [0.25, 0.3) is 0 Å². The van der Waals surface area contributed by atoms with Crippen molar-refractivity contribution in [2.45, 2.75) is 46.5 Å². The molecule has 0 spiro atoms. The number of anilines is 1. The molecule has 1 aromatic rings. The largest absolute Gasteiger partial charge is 0.359 e. The summed E-state index contributed by atoms with van der Waals surface area (Å²) < 4.78 is 0. The summed E-state index contributed by atoms with van der Waals surface area (Å²) in [7, 11) is 0. The van der Waals surface area contributed by atoms with Crippen LogP contribution in [0.2, 0.25) is 0 Å². The SMILES string of the molecule is CC(C)c1ccc(NC2=CC(=C=O)CC(C)(C)C2)cc1. The van der Waals surface area contributed by atoms with Gasteiger partial charge in [-0.2, -0.15) is 0 Å². The molecule has 0 bridgehead atoms. The van der Waals surface area contributed by atoms with E-state index in [1.54, 1.807) is 0 Å². The van der Waals surface area contributed by atoms with E-state index in [0.29, 0.717) is 5.92 Å². The molecule has 1 aromatic carbocycles. The molecule has 1 aliphatic rings. The van der Waals surface area contributed by atoms with E-state index in [0.717, 1.165) is 29.8 Å². The number of hydrogen-bond donors (Lipinski definition) is 1. The van der Waals surface area contributed by atoms with Gasteiger partial charge in [0.25, 0.3) is 0 Å². The normalized spacial score (nSPS) is 17.6. The number of allylic oxidation sites excluding steroid dienone is 3. The second kappa shape index (κ2) is 5.68. The molecule has 0 amide bonds. The summed E-state index contributed by atoms with van der Waals surface area (Å²) in [5, 5.41) is 3.43. The molecule has 1 N–H and O–H groups in total. The zero-order valence-corrected chi connectivity index (χ0v) is 12.8. The van der Waals surface area contributed by atoms with E-state index in [1.807, 2.05) is 12.0 Å². The molecular weight excluding hydrogens is 246 g/mol. The van der Waals surface area contributed by atoms with Crippen molar-refractivity contribution in [1.29, 1.82) is 0 Å². The van der Waals surface area contributed by atoms with Crippen LogP contribution in [-0.2, 0) is 4.79 Å². The van der Waals surface area contributed by atoms with E-state index < -0.39 is 0 Å². The molecule has 0 saturated carbocycles. The molecule has 106 valence electrons. The Hall–Kier alpha value is -1.79. The zero-order chi connectivity index (χ0) is 14.8. The van der Waals surface area contributed by atoms with Crippen molar-refractivity contribution < 1.29 is 4.79 Å². The van der Waals surface area contributed by atoms with Crippen molar-refractivity contribution in [3.63, 3.8) is 0 Å². The molecule has 0 heterocycles. The summed E-state index contributed by atoms with van der Waals surface area (Å²) in [5.74, 6) is 2.59. The Morgan fingerprint density at radius 3 is 2.35 bits per heavy atom. The predicted molar refractivity (Wildman–Crippen MR) is 84.5 cm³/mol. The topological polar surface area (TPSA) is 29.1 Å². The first-order chi connectivity index (χ1) is 9.39. The number of nitrogens with one attached hydrogen (secondary N) is 1. The molecule has 2 rings (SSSR count). The van der Waals surface area contributed by atoms with Crippen molar-refractivity contribution in [2.75, 3.05) is 5.32 Å². The second-order valence-electron chi connectivity index (χ2n) is 6.72. The third-order valence-electron chi connectivity index (χ3n) is 3.70. The Balaban J connectivity index is 2.16. The lowest BCUT2D eigenvalue weighted by atomic mass is 9.77. The third kappa shape index (κ3) is 3.61. The highest BCUT2D eigenvalue weighted by Crippen LogP contribution is 2.37. The molecule has 1 aliphatic carbocycles. The average molecular weight is 269 g/mol. The minimum absolute atomic E-state index is 0.113. The van der Waals surface area contributed by atoms with Crippen molar-refractivity contribution in [2.24, 2.45) is 5.41 Å². The van der Waals surface area contributed by atoms with Gasteiger partial charge in [-0.25, -0.2) is 4.79 Å². The van der Waals surface area contributed by atoms with E-state index in [1.165, 1.54) is 5.56 Å². The summed E-state index contributed by atoms with van der Waals surface area (Å²) in [6.07, 6.45) is 3.69. The fourth-order valence-corrected chi connectivity index (χ4v) is 2.69. The van der Waals surface area contributed by atoms with Gasteiger partial charge in [-0.3, -0.25) is 0 Å². The minimum atomic E-state index is 0.113. The maximum Gasteiger partial charge on any atom is 0.128 e. The lowest BCUT2D eigenvalue weighted by Crippen LogP contribution is -2.20. The van der Waals surface area contributed by atoms with Crippen LogP contribution in [0, 0.1) is 5.41 Å². The van der Waals surface area contributed by atoms with Gasteiger partial charge in [0.05, 0.1) is 0 Å². The van der Waals surface area contributed by atoms with Gasteiger partial charge < -0.3 is 5.32 Å². The molecule has 2 heteroatoms. The lowest BCUT2D eigenvalue weighted by Gasteiger charge is -2.30. The fourth-order valence-electron chi connectivity index (χ4n) is 2.69. The number of hydrogen-bond acceptors (Lipinski definition) is 2. The first-order valence-electron chi connectivity index (χ1n) is 7.21. The van der Waals surface area contributed by atoms with Crippen LogP contribution in [0.5, 0.6) is 0 Å². The van der Waals surface area contributed by atoms with Gasteiger partial charge in [0.15, 0.2) is 0 Å². The highest BCUT2D eigenvalue weighted by atomic mass is 16.1. The third-order valence-corrected chi connectivity index (χ3v) is 3.70. The van der Waals surface area contributed by atoms with Crippen molar-refractivity contribution in [3.8, 4) is 0 Å². The first-order valence-corrected chi connectivity index (χ1v) is 7.21. The molecule has 0 atom stereocenters. The quantitative estimate of drug-likeness (QED) is 0.807. The fraction of sp³-hybridized carbons (Fsp3) is 0.444. The molecule has 0 radical (unpaired) electrons. The minimum Gasteiger partial charge on any atom is -0.359 e. The summed E-state index contributed by atoms with van der Waals surface area (Å²) in [5.41, 5.74) is 4.37.